The zero-order valence-corrected chi connectivity index (χ0v) is 15.9. The van der Waals surface area contributed by atoms with Gasteiger partial charge in [0.1, 0.15) is 0 Å². The second-order valence-electron chi connectivity index (χ2n) is 6.03. The van der Waals surface area contributed by atoms with Gasteiger partial charge in [0.05, 0.1) is 11.3 Å². The van der Waals surface area contributed by atoms with Gasteiger partial charge in [-0.2, -0.15) is 5.10 Å². The summed E-state index contributed by atoms with van der Waals surface area (Å²) < 4.78 is 1.62. The Bertz CT molecular complexity index is 951. The molecule has 0 saturated carbocycles. The maximum absolute atomic E-state index is 12.5. The van der Waals surface area contributed by atoms with Gasteiger partial charge in [-0.05, 0) is 31.2 Å². The van der Waals surface area contributed by atoms with Gasteiger partial charge in [0.2, 0.25) is 5.91 Å². The lowest BCUT2D eigenvalue weighted by Crippen LogP contribution is -2.16. The molecule has 0 aliphatic rings. The number of hydrogen-bond acceptors (Lipinski definition) is 4. The van der Waals surface area contributed by atoms with Crippen LogP contribution in [0.4, 0.5) is 11.5 Å². The van der Waals surface area contributed by atoms with Crippen LogP contribution >= 0.6 is 11.8 Å². The van der Waals surface area contributed by atoms with Gasteiger partial charge in [-0.1, -0.05) is 29.8 Å². The molecule has 2 amide bonds. The van der Waals surface area contributed by atoms with Crippen LogP contribution in [0.5, 0.6) is 0 Å². The number of rotatable bonds is 6. The van der Waals surface area contributed by atoms with Crippen LogP contribution in [-0.4, -0.2) is 27.3 Å². The van der Waals surface area contributed by atoms with E-state index in [9.17, 15) is 9.59 Å². The summed E-state index contributed by atoms with van der Waals surface area (Å²) >= 11 is 1.32. The van der Waals surface area contributed by atoms with E-state index in [2.05, 4.69) is 15.7 Å². The molecule has 3 rings (SSSR count). The third-order valence-electron chi connectivity index (χ3n) is 3.78. The minimum atomic E-state index is -0.254. The Hall–Kier alpha value is -3.06. The summed E-state index contributed by atoms with van der Waals surface area (Å²) in [4.78, 5) is 25.5. The van der Waals surface area contributed by atoms with Gasteiger partial charge in [0.25, 0.3) is 5.91 Å². The highest BCUT2D eigenvalue weighted by molar-refractivity contribution is 8.00. The topological polar surface area (TPSA) is 76.0 Å². The normalized spacial score (nSPS) is 10.4. The third kappa shape index (κ3) is 5.21. The molecule has 1 heterocycles. The first-order chi connectivity index (χ1) is 13.0. The molecule has 0 radical (unpaired) electrons. The predicted octanol–water partition coefficient (Wildman–Crippen LogP) is 3.71. The van der Waals surface area contributed by atoms with Gasteiger partial charge in [0, 0.05) is 29.9 Å². The van der Waals surface area contributed by atoms with E-state index in [1.165, 1.54) is 11.8 Å². The second-order valence-corrected chi connectivity index (χ2v) is 7.04. The molecule has 1 aromatic heterocycles. The van der Waals surface area contributed by atoms with Crippen LogP contribution in [0.15, 0.2) is 65.7 Å². The van der Waals surface area contributed by atoms with Crippen molar-refractivity contribution in [2.75, 3.05) is 16.4 Å². The summed E-state index contributed by atoms with van der Waals surface area (Å²) in [7, 11) is 1.78. The highest BCUT2D eigenvalue weighted by atomic mass is 32.2. The lowest BCUT2D eigenvalue weighted by atomic mass is 10.2. The zero-order valence-electron chi connectivity index (χ0n) is 15.1. The SMILES string of the molecule is Cc1ccc(NC(=O)CSc2ccccc2C(=O)Nc2ccn(C)n2)cc1. The van der Waals surface area contributed by atoms with E-state index in [1.54, 1.807) is 36.1 Å². The molecule has 0 atom stereocenters. The number of anilines is 2. The van der Waals surface area contributed by atoms with Crippen LogP contribution < -0.4 is 10.6 Å². The number of thioether (sulfide) groups is 1. The third-order valence-corrected chi connectivity index (χ3v) is 4.85. The Kier molecular flexibility index (Phi) is 5.93. The van der Waals surface area contributed by atoms with Crippen LogP contribution in [0, 0.1) is 6.92 Å². The maximum Gasteiger partial charge on any atom is 0.257 e. The average molecular weight is 380 g/mol. The van der Waals surface area contributed by atoms with Gasteiger partial charge >= 0.3 is 0 Å². The first kappa shape index (κ1) is 18.7. The number of amides is 2. The Morgan fingerprint density at radius 1 is 1.04 bits per heavy atom. The Morgan fingerprint density at radius 2 is 1.78 bits per heavy atom. The van der Waals surface area contributed by atoms with E-state index in [4.69, 9.17) is 0 Å². The van der Waals surface area contributed by atoms with Crippen LogP contribution in [0.2, 0.25) is 0 Å². The molecule has 0 unspecified atom stereocenters. The van der Waals surface area contributed by atoms with Crippen LogP contribution in [0.3, 0.4) is 0 Å². The first-order valence-electron chi connectivity index (χ1n) is 8.40. The molecular formula is C20H20N4O2S. The first-order valence-corrected chi connectivity index (χ1v) is 9.39. The summed E-state index contributed by atoms with van der Waals surface area (Å²) in [6, 6.07) is 16.6. The van der Waals surface area contributed by atoms with Gasteiger partial charge in [-0.15, -0.1) is 11.8 Å². The average Bonchev–Trinajstić information content (AvgIpc) is 3.07. The number of aryl methyl sites for hydroxylation is 2. The summed E-state index contributed by atoms with van der Waals surface area (Å²) in [5.74, 6) is 0.320. The maximum atomic E-state index is 12.5. The quantitative estimate of drug-likeness (QED) is 0.639. The largest absolute Gasteiger partial charge is 0.325 e. The van der Waals surface area contributed by atoms with Crippen molar-refractivity contribution in [2.24, 2.45) is 7.05 Å². The van der Waals surface area contributed by atoms with Gasteiger partial charge in [0.15, 0.2) is 5.82 Å². The second kappa shape index (κ2) is 8.55. The fourth-order valence-corrected chi connectivity index (χ4v) is 3.27. The Morgan fingerprint density at radius 3 is 2.48 bits per heavy atom. The molecule has 0 aliphatic carbocycles. The van der Waals surface area contributed by atoms with Crippen LogP contribution in [0.25, 0.3) is 0 Å². The smallest absolute Gasteiger partial charge is 0.257 e. The van der Waals surface area contributed by atoms with E-state index >= 15 is 0 Å². The van der Waals surface area contributed by atoms with E-state index in [0.29, 0.717) is 11.4 Å². The number of aromatic nitrogens is 2. The van der Waals surface area contributed by atoms with Crippen molar-refractivity contribution in [1.82, 2.24) is 9.78 Å². The molecule has 0 aliphatic heterocycles. The standard InChI is InChI=1S/C20H20N4O2S/c1-14-7-9-15(10-8-14)21-19(25)13-27-17-6-4-3-5-16(17)20(26)22-18-11-12-24(2)23-18/h3-12H,13H2,1-2H3,(H,21,25)(H,22,23,26). The van der Waals surface area contributed by atoms with E-state index in [0.717, 1.165) is 16.1 Å². The molecule has 2 N–H and O–H groups in total. The molecule has 6 nitrogen and oxygen atoms in total. The number of nitrogens with zero attached hydrogens (tertiary/aromatic N) is 2. The lowest BCUT2D eigenvalue weighted by Gasteiger charge is -2.09. The van der Waals surface area contributed by atoms with Crippen LogP contribution in [0.1, 0.15) is 15.9 Å². The van der Waals surface area contributed by atoms with Gasteiger partial charge < -0.3 is 10.6 Å². The van der Waals surface area contributed by atoms with Gasteiger partial charge in [-0.3, -0.25) is 14.3 Å². The number of nitrogens with one attached hydrogen (secondary N) is 2. The number of benzene rings is 2. The molecule has 0 bridgehead atoms. The molecule has 27 heavy (non-hydrogen) atoms. The minimum absolute atomic E-state index is 0.121. The van der Waals surface area contributed by atoms with E-state index in [-0.39, 0.29) is 17.6 Å². The highest BCUT2D eigenvalue weighted by Crippen LogP contribution is 2.24. The van der Waals surface area contributed by atoms with E-state index < -0.39 is 0 Å². The molecular weight excluding hydrogens is 360 g/mol. The Balaban J connectivity index is 1.62. The lowest BCUT2D eigenvalue weighted by molar-refractivity contribution is -0.113. The number of carbonyl (C=O) groups is 2. The van der Waals surface area contributed by atoms with Crippen molar-refractivity contribution < 1.29 is 9.59 Å². The number of hydrogen-bond donors (Lipinski definition) is 2. The van der Waals surface area contributed by atoms with Crippen molar-refractivity contribution >= 4 is 35.1 Å². The molecule has 7 heteroatoms. The van der Waals surface area contributed by atoms with Crippen molar-refractivity contribution in [3.8, 4) is 0 Å². The molecule has 0 fully saturated rings. The summed E-state index contributed by atoms with van der Waals surface area (Å²) in [5.41, 5.74) is 2.40. The van der Waals surface area contributed by atoms with Crippen molar-refractivity contribution in [1.29, 1.82) is 0 Å². The fourth-order valence-electron chi connectivity index (χ4n) is 2.42. The van der Waals surface area contributed by atoms with Crippen LogP contribution in [-0.2, 0) is 11.8 Å². The molecule has 138 valence electrons. The monoisotopic (exact) mass is 380 g/mol. The van der Waals surface area contributed by atoms with Crippen molar-refractivity contribution in [2.45, 2.75) is 11.8 Å². The number of carbonyl (C=O) groups excluding carboxylic acids is 2. The summed E-state index contributed by atoms with van der Waals surface area (Å²) in [5, 5.41) is 9.77. The van der Waals surface area contributed by atoms with E-state index in [1.807, 2.05) is 43.3 Å². The molecule has 2 aromatic carbocycles. The van der Waals surface area contributed by atoms with Crippen molar-refractivity contribution in [3.63, 3.8) is 0 Å². The molecule has 3 aromatic rings. The zero-order chi connectivity index (χ0) is 19.2. The molecule has 0 spiro atoms. The van der Waals surface area contributed by atoms with Crippen molar-refractivity contribution in [3.05, 3.63) is 71.9 Å². The van der Waals surface area contributed by atoms with Gasteiger partial charge in [-0.25, -0.2) is 0 Å². The summed E-state index contributed by atoms with van der Waals surface area (Å²) in [6.07, 6.45) is 1.76. The highest BCUT2D eigenvalue weighted by Gasteiger charge is 2.14. The Labute approximate surface area is 162 Å². The fraction of sp³-hybridized carbons (Fsp3) is 0.150. The summed E-state index contributed by atoms with van der Waals surface area (Å²) in [6.45, 7) is 1.99. The predicted molar refractivity (Wildman–Crippen MR) is 108 cm³/mol. The minimum Gasteiger partial charge on any atom is -0.325 e. The molecule has 0 saturated heterocycles.